The first kappa shape index (κ1) is 16.3. The minimum absolute atomic E-state index is 0. The summed E-state index contributed by atoms with van der Waals surface area (Å²) in [6.07, 6.45) is 5.51. The Morgan fingerprint density at radius 1 is 0.950 bits per heavy atom. The van der Waals surface area contributed by atoms with E-state index in [1.807, 2.05) is 12.1 Å². The molecule has 2 rings (SSSR count). The van der Waals surface area contributed by atoms with Gasteiger partial charge in [-0.3, -0.25) is 4.90 Å². The topological polar surface area (TPSA) is 3.24 Å². The van der Waals surface area contributed by atoms with Crippen LogP contribution in [0, 0.1) is 12.3 Å². The Hall–Kier alpha value is -1.75. The molecule has 0 aromatic heterocycles. The van der Waals surface area contributed by atoms with Crippen molar-refractivity contribution in [2.45, 2.75) is 13.0 Å². The fourth-order valence-electron chi connectivity index (χ4n) is 2.39. The van der Waals surface area contributed by atoms with Crippen molar-refractivity contribution in [1.29, 1.82) is 0 Å². The predicted octanol–water partition coefficient (Wildman–Crippen LogP) is 4.15. The number of hydrogen-bond donors (Lipinski definition) is 0. The van der Waals surface area contributed by atoms with E-state index in [9.17, 15) is 0 Å². The summed E-state index contributed by atoms with van der Waals surface area (Å²) in [6.45, 7) is 3.74. The van der Waals surface area contributed by atoms with E-state index in [1.165, 1.54) is 11.1 Å². The van der Waals surface area contributed by atoms with Gasteiger partial charge in [-0.25, -0.2) is 0 Å². The highest BCUT2D eigenvalue weighted by atomic mass is 35.5. The van der Waals surface area contributed by atoms with E-state index in [1.54, 1.807) is 0 Å². The summed E-state index contributed by atoms with van der Waals surface area (Å²) in [4.78, 5) is 2.31. The first-order valence-corrected chi connectivity index (χ1v) is 6.64. The monoisotopic (exact) mass is 285 g/mol. The van der Waals surface area contributed by atoms with Gasteiger partial charge < -0.3 is 0 Å². The van der Waals surface area contributed by atoms with Gasteiger partial charge in [0.2, 0.25) is 0 Å². The average molecular weight is 286 g/mol. The zero-order valence-electron chi connectivity index (χ0n) is 11.7. The van der Waals surface area contributed by atoms with Crippen molar-refractivity contribution in [3.8, 4) is 12.3 Å². The Bertz CT molecular complexity index is 491. The quantitative estimate of drug-likeness (QED) is 0.746. The summed E-state index contributed by atoms with van der Waals surface area (Å²) in [5.74, 6) is 2.76. The Labute approximate surface area is 128 Å². The van der Waals surface area contributed by atoms with E-state index in [-0.39, 0.29) is 18.4 Å². The van der Waals surface area contributed by atoms with Crippen LogP contribution in [0.3, 0.4) is 0 Å². The van der Waals surface area contributed by atoms with Crippen LogP contribution in [0.1, 0.15) is 24.1 Å². The average Bonchev–Trinajstić information content (AvgIpc) is 2.49. The van der Waals surface area contributed by atoms with Gasteiger partial charge in [0.05, 0.1) is 12.6 Å². The minimum Gasteiger partial charge on any atom is -0.281 e. The third kappa shape index (κ3) is 3.87. The lowest BCUT2D eigenvalue weighted by Gasteiger charge is -2.30. The van der Waals surface area contributed by atoms with Crippen molar-refractivity contribution < 1.29 is 0 Å². The van der Waals surface area contributed by atoms with E-state index < -0.39 is 0 Å². The molecule has 0 N–H and O–H groups in total. The van der Waals surface area contributed by atoms with Gasteiger partial charge in [0.1, 0.15) is 0 Å². The van der Waals surface area contributed by atoms with Crippen LogP contribution in [0.4, 0.5) is 0 Å². The van der Waals surface area contributed by atoms with Crippen LogP contribution in [-0.4, -0.2) is 18.0 Å². The molecular formula is C18H20ClN. The molecule has 0 heterocycles. The van der Waals surface area contributed by atoms with Crippen LogP contribution < -0.4 is 0 Å². The molecule has 1 nitrogen and oxygen atoms in total. The molecule has 0 saturated heterocycles. The van der Waals surface area contributed by atoms with Gasteiger partial charge in [-0.2, -0.15) is 0 Å². The zero-order valence-corrected chi connectivity index (χ0v) is 12.5. The Balaban J connectivity index is 0.00000200. The lowest BCUT2D eigenvalue weighted by Crippen LogP contribution is -2.29. The van der Waals surface area contributed by atoms with Gasteiger partial charge in [-0.1, -0.05) is 73.5 Å². The molecule has 0 saturated carbocycles. The summed E-state index contributed by atoms with van der Waals surface area (Å²) < 4.78 is 0. The van der Waals surface area contributed by atoms with Gasteiger partial charge in [0.25, 0.3) is 0 Å². The second-order valence-electron chi connectivity index (χ2n) is 4.49. The number of hydrogen-bond acceptors (Lipinski definition) is 1. The molecule has 0 fully saturated rings. The first-order valence-electron chi connectivity index (χ1n) is 6.64. The van der Waals surface area contributed by atoms with E-state index >= 15 is 0 Å². The number of halogens is 1. The molecular weight excluding hydrogens is 266 g/mol. The summed E-state index contributed by atoms with van der Waals surface area (Å²) in [5.41, 5.74) is 2.57. The van der Waals surface area contributed by atoms with E-state index in [0.29, 0.717) is 6.54 Å². The Morgan fingerprint density at radius 2 is 1.40 bits per heavy atom. The molecule has 2 heteroatoms. The van der Waals surface area contributed by atoms with E-state index in [4.69, 9.17) is 6.42 Å². The standard InChI is InChI=1S/C18H19N.ClH/c1-3-15-19(4-2)18(16-11-7-5-8-12-16)17-13-9-6-10-14-17;/h1,5-14,18H,4,15H2,2H3;1H. The Morgan fingerprint density at radius 3 is 1.75 bits per heavy atom. The summed E-state index contributed by atoms with van der Waals surface area (Å²) in [5, 5.41) is 0. The highest BCUT2D eigenvalue weighted by Gasteiger charge is 2.19. The number of benzene rings is 2. The van der Waals surface area contributed by atoms with E-state index in [0.717, 1.165) is 6.54 Å². The summed E-state index contributed by atoms with van der Waals surface area (Å²) in [7, 11) is 0. The molecule has 0 aliphatic carbocycles. The van der Waals surface area contributed by atoms with Crippen LogP contribution in [-0.2, 0) is 0 Å². The number of nitrogens with zero attached hydrogens (tertiary/aromatic N) is 1. The predicted molar refractivity (Wildman–Crippen MR) is 88.1 cm³/mol. The molecule has 104 valence electrons. The van der Waals surface area contributed by atoms with Gasteiger partial charge in [-0.15, -0.1) is 18.8 Å². The lowest BCUT2D eigenvalue weighted by atomic mass is 9.97. The third-order valence-corrected chi connectivity index (χ3v) is 3.30. The number of terminal acetylenes is 1. The van der Waals surface area contributed by atoms with Crippen LogP contribution in [0.15, 0.2) is 60.7 Å². The summed E-state index contributed by atoms with van der Waals surface area (Å²) in [6, 6.07) is 21.3. The fraction of sp³-hybridized carbons (Fsp3) is 0.222. The molecule has 0 amide bonds. The maximum atomic E-state index is 5.51. The van der Waals surface area contributed by atoms with Gasteiger partial charge in [-0.05, 0) is 17.7 Å². The highest BCUT2D eigenvalue weighted by Crippen LogP contribution is 2.27. The smallest absolute Gasteiger partial charge is 0.0609 e. The molecule has 2 aromatic carbocycles. The maximum absolute atomic E-state index is 5.51. The van der Waals surface area contributed by atoms with Crippen molar-refractivity contribution in [2.75, 3.05) is 13.1 Å². The normalized spacial score (nSPS) is 10.1. The van der Waals surface area contributed by atoms with Crippen LogP contribution in [0.25, 0.3) is 0 Å². The molecule has 0 spiro atoms. The Kier molecular flexibility index (Phi) is 6.87. The van der Waals surface area contributed by atoms with Crippen LogP contribution in [0.5, 0.6) is 0 Å². The van der Waals surface area contributed by atoms with Crippen molar-refractivity contribution in [3.63, 3.8) is 0 Å². The van der Waals surface area contributed by atoms with Crippen molar-refractivity contribution in [2.24, 2.45) is 0 Å². The molecule has 0 aliphatic heterocycles. The largest absolute Gasteiger partial charge is 0.281 e. The van der Waals surface area contributed by atoms with Crippen molar-refractivity contribution in [1.82, 2.24) is 4.90 Å². The van der Waals surface area contributed by atoms with Gasteiger partial charge >= 0.3 is 0 Å². The van der Waals surface area contributed by atoms with Crippen LogP contribution >= 0.6 is 12.4 Å². The minimum atomic E-state index is 0. The summed E-state index contributed by atoms with van der Waals surface area (Å²) >= 11 is 0. The highest BCUT2D eigenvalue weighted by molar-refractivity contribution is 5.85. The second kappa shape index (κ2) is 8.43. The lowest BCUT2D eigenvalue weighted by molar-refractivity contribution is 0.268. The van der Waals surface area contributed by atoms with Gasteiger partial charge in [0, 0.05) is 0 Å². The first-order chi connectivity index (χ1) is 9.36. The molecule has 0 aliphatic rings. The molecule has 0 atom stereocenters. The SMILES string of the molecule is C#CCN(CC)C(c1ccccc1)c1ccccc1.Cl. The molecule has 0 bridgehead atoms. The second-order valence-corrected chi connectivity index (χ2v) is 4.49. The van der Waals surface area contributed by atoms with Crippen molar-refractivity contribution in [3.05, 3.63) is 71.8 Å². The van der Waals surface area contributed by atoms with E-state index in [2.05, 4.69) is 66.3 Å². The molecule has 20 heavy (non-hydrogen) atoms. The molecule has 0 radical (unpaired) electrons. The molecule has 2 aromatic rings. The number of rotatable bonds is 5. The molecule has 0 unspecified atom stereocenters. The van der Waals surface area contributed by atoms with Crippen LogP contribution in [0.2, 0.25) is 0 Å². The zero-order chi connectivity index (χ0) is 13.5. The van der Waals surface area contributed by atoms with Crippen molar-refractivity contribution >= 4 is 12.4 Å². The third-order valence-electron chi connectivity index (χ3n) is 3.30. The van der Waals surface area contributed by atoms with Gasteiger partial charge in [0.15, 0.2) is 0 Å². The maximum Gasteiger partial charge on any atom is 0.0609 e. The fourth-order valence-corrected chi connectivity index (χ4v) is 2.39.